The number of ether oxygens (including phenoxy) is 1. The Labute approximate surface area is 102 Å². The molecule has 7 heteroatoms. The molecule has 0 saturated carbocycles. The Morgan fingerprint density at radius 2 is 1.94 bits per heavy atom. The molecule has 0 unspecified atom stereocenters. The number of benzene rings is 1. The molecule has 1 aromatic carbocycles. The van der Waals surface area contributed by atoms with Crippen LogP contribution in [0.2, 0.25) is 0 Å². The first-order valence-electron chi connectivity index (χ1n) is 4.98. The predicted molar refractivity (Wildman–Crippen MR) is 58.7 cm³/mol. The third kappa shape index (κ3) is 2.51. The molecule has 0 fully saturated rings. The average molecular weight is 247 g/mol. The van der Waals surface area contributed by atoms with E-state index in [1.165, 1.54) is 37.7 Å². The summed E-state index contributed by atoms with van der Waals surface area (Å²) in [6, 6.07) is 6.00. The van der Waals surface area contributed by atoms with Crippen LogP contribution in [0.1, 0.15) is 20.7 Å². The van der Waals surface area contributed by atoms with Crippen LogP contribution in [0.3, 0.4) is 0 Å². The average Bonchev–Trinajstić information content (AvgIpc) is 2.90. The summed E-state index contributed by atoms with van der Waals surface area (Å²) in [5, 5.41) is 6.98. The van der Waals surface area contributed by atoms with Gasteiger partial charge in [0.2, 0.25) is 0 Å². The molecular formula is C11H9N3O4. The zero-order valence-corrected chi connectivity index (χ0v) is 9.44. The molecule has 0 amide bonds. The van der Waals surface area contributed by atoms with Gasteiger partial charge >= 0.3 is 11.9 Å². The van der Waals surface area contributed by atoms with E-state index in [-0.39, 0.29) is 11.1 Å². The standard InChI is InChI=1S/C11H9N3O4/c1-17-10(15)8-3-2-4-9(7-8)11(16)18-14-6-5-12-13-14/h2-7H,1H3. The van der Waals surface area contributed by atoms with Gasteiger partial charge in [-0.2, -0.15) is 0 Å². The van der Waals surface area contributed by atoms with Gasteiger partial charge in [0, 0.05) is 0 Å². The maximum absolute atomic E-state index is 11.7. The van der Waals surface area contributed by atoms with E-state index in [1.54, 1.807) is 6.07 Å². The van der Waals surface area contributed by atoms with Crippen molar-refractivity contribution in [3.05, 3.63) is 47.8 Å². The lowest BCUT2D eigenvalue weighted by Crippen LogP contribution is -2.20. The molecule has 0 saturated heterocycles. The Kier molecular flexibility index (Phi) is 3.33. The Morgan fingerprint density at radius 3 is 2.56 bits per heavy atom. The van der Waals surface area contributed by atoms with E-state index in [0.29, 0.717) is 0 Å². The van der Waals surface area contributed by atoms with Gasteiger partial charge in [0.25, 0.3) is 0 Å². The minimum atomic E-state index is -0.647. The molecule has 2 aromatic rings. The van der Waals surface area contributed by atoms with Crippen molar-refractivity contribution in [3.8, 4) is 0 Å². The quantitative estimate of drug-likeness (QED) is 0.574. The van der Waals surface area contributed by atoms with E-state index in [0.717, 1.165) is 4.85 Å². The zero-order chi connectivity index (χ0) is 13.0. The van der Waals surface area contributed by atoms with Gasteiger partial charge in [-0.15, -0.1) is 5.10 Å². The third-order valence-corrected chi connectivity index (χ3v) is 2.10. The normalized spacial score (nSPS) is 9.83. The van der Waals surface area contributed by atoms with Crippen molar-refractivity contribution in [2.75, 3.05) is 7.11 Å². The maximum Gasteiger partial charge on any atom is 0.365 e. The van der Waals surface area contributed by atoms with E-state index in [9.17, 15) is 9.59 Å². The van der Waals surface area contributed by atoms with Gasteiger partial charge in [-0.3, -0.25) is 0 Å². The lowest BCUT2D eigenvalue weighted by atomic mass is 10.1. The van der Waals surface area contributed by atoms with Crippen molar-refractivity contribution in [3.63, 3.8) is 0 Å². The van der Waals surface area contributed by atoms with Gasteiger partial charge in [0.15, 0.2) is 0 Å². The molecular weight excluding hydrogens is 238 g/mol. The second-order valence-electron chi connectivity index (χ2n) is 3.26. The predicted octanol–water partition coefficient (Wildman–Crippen LogP) is 0.334. The number of hydrogen-bond donors (Lipinski definition) is 0. The van der Waals surface area contributed by atoms with E-state index in [2.05, 4.69) is 15.0 Å². The van der Waals surface area contributed by atoms with Crippen LogP contribution in [-0.4, -0.2) is 34.2 Å². The second kappa shape index (κ2) is 5.09. The monoisotopic (exact) mass is 247 g/mol. The van der Waals surface area contributed by atoms with E-state index in [1.807, 2.05) is 0 Å². The van der Waals surface area contributed by atoms with E-state index >= 15 is 0 Å². The molecule has 0 radical (unpaired) electrons. The molecule has 0 aliphatic rings. The smallest absolute Gasteiger partial charge is 0.365 e. The summed E-state index contributed by atoms with van der Waals surface area (Å²) >= 11 is 0. The Morgan fingerprint density at radius 1 is 1.22 bits per heavy atom. The number of carbonyl (C=O) groups is 2. The fourth-order valence-corrected chi connectivity index (χ4v) is 1.27. The summed E-state index contributed by atoms with van der Waals surface area (Å²) < 4.78 is 4.56. The van der Waals surface area contributed by atoms with Crippen LogP contribution in [0, 0.1) is 0 Å². The highest BCUT2D eigenvalue weighted by Gasteiger charge is 2.12. The van der Waals surface area contributed by atoms with Crippen LogP contribution in [0.25, 0.3) is 0 Å². The first kappa shape index (κ1) is 11.8. The molecule has 1 heterocycles. The van der Waals surface area contributed by atoms with Crippen molar-refractivity contribution < 1.29 is 19.2 Å². The van der Waals surface area contributed by atoms with Gasteiger partial charge in [0.05, 0.1) is 30.6 Å². The number of methoxy groups -OCH3 is 1. The molecule has 0 aliphatic heterocycles. The van der Waals surface area contributed by atoms with Crippen molar-refractivity contribution in [2.45, 2.75) is 0 Å². The topological polar surface area (TPSA) is 83.3 Å². The number of hydrogen-bond acceptors (Lipinski definition) is 6. The van der Waals surface area contributed by atoms with Crippen molar-refractivity contribution in [1.82, 2.24) is 15.2 Å². The number of esters is 1. The highest BCUT2D eigenvalue weighted by Crippen LogP contribution is 2.07. The molecule has 1 aromatic heterocycles. The fraction of sp³-hybridized carbons (Fsp3) is 0.0909. The lowest BCUT2D eigenvalue weighted by molar-refractivity contribution is 0.0384. The molecule has 92 valence electrons. The summed E-state index contributed by atoms with van der Waals surface area (Å²) in [6.07, 6.45) is 2.75. The molecule has 0 aliphatic carbocycles. The lowest BCUT2D eigenvalue weighted by Gasteiger charge is -2.03. The van der Waals surface area contributed by atoms with Crippen LogP contribution >= 0.6 is 0 Å². The minimum Gasteiger partial charge on any atom is -0.465 e. The number of aromatic nitrogens is 3. The second-order valence-corrected chi connectivity index (χ2v) is 3.26. The van der Waals surface area contributed by atoms with Crippen molar-refractivity contribution in [1.29, 1.82) is 0 Å². The van der Waals surface area contributed by atoms with Crippen LogP contribution in [-0.2, 0) is 4.74 Å². The molecule has 0 N–H and O–H groups in total. The van der Waals surface area contributed by atoms with Crippen LogP contribution in [0.15, 0.2) is 36.7 Å². The minimum absolute atomic E-state index is 0.216. The van der Waals surface area contributed by atoms with E-state index < -0.39 is 11.9 Å². The summed E-state index contributed by atoms with van der Waals surface area (Å²) in [7, 11) is 1.27. The molecule has 0 atom stereocenters. The first-order valence-corrected chi connectivity index (χ1v) is 4.98. The van der Waals surface area contributed by atoms with Gasteiger partial charge in [0.1, 0.15) is 0 Å². The van der Waals surface area contributed by atoms with Crippen molar-refractivity contribution in [2.24, 2.45) is 0 Å². The fourth-order valence-electron chi connectivity index (χ4n) is 1.27. The van der Waals surface area contributed by atoms with Gasteiger partial charge in [-0.05, 0) is 23.4 Å². The Bertz CT molecular complexity index is 565. The molecule has 18 heavy (non-hydrogen) atoms. The summed E-state index contributed by atoms with van der Waals surface area (Å²) in [5.41, 5.74) is 0.485. The van der Waals surface area contributed by atoms with Gasteiger partial charge in [-0.25, -0.2) is 9.59 Å². The maximum atomic E-state index is 11.7. The van der Waals surface area contributed by atoms with Crippen LogP contribution in [0.5, 0.6) is 0 Å². The van der Waals surface area contributed by atoms with Gasteiger partial charge in [-0.1, -0.05) is 10.9 Å². The molecule has 7 nitrogen and oxygen atoms in total. The van der Waals surface area contributed by atoms with Crippen LogP contribution < -0.4 is 4.84 Å². The highest BCUT2D eigenvalue weighted by atomic mass is 16.7. The molecule has 0 spiro atoms. The third-order valence-electron chi connectivity index (χ3n) is 2.10. The first-order chi connectivity index (χ1) is 8.70. The highest BCUT2D eigenvalue weighted by molar-refractivity contribution is 5.95. The largest absolute Gasteiger partial charge is 0.465 e. The number of carbonyl (C=O) groups excluding carboxylic acids is 2. The number of rotatable bonds is 3. The SMILES string of the molecule is COC(=O)c1cccc(C(=O)On2ccnn2)c1. The van der Waals surface area contributed by atoms with Gasteiger partial charge < -0.3 is 9.57 Å². The summed E-state index contributed by atoms with van der Waals surface area (Å²) in [6.45, 7) is 0. The summed E-state index contributed by atoms with van der Waals surface area (Å²) in [4.78, 5) is 28.8. The number of nitrogens with zero attached hydrogens (tertiary/aromatic N) is 3. The Balaban J connectivity index is 2.18. The van der Waals surface area contributed by atoms with Crippen molar-refractivity contribution >= 4 is 11.9 Å². The van der Waals surface area contributed by atoms with E-state index in [4.69, 9.17) is 4.84 Å². The summed E-state index contributed by atoms with van der Waals surface area (Å²) in [5.74, 6) is -1.17. The Hall–Kier alpha value is -2.70. The van der Waals surface area contributed by atoms with Crippen LogP contribution in [0.4, 0.5) is 0 Å². The molecule has 2 rings (SSSR count). The zero-order valence-electron chi connectivity index (χ0n) is 9.44. The molecule has 0 bridgehead atoms.